The van der Waals surface area contributed by atoms with E-state index in [0.29, 0.717) is 17.5 Å². The highest BCUT2D eigenvalue weighted by Crippen LogP contribution is 2.18. The van der Waals surface area contributed by atoms with Gasteiger partial charge in [-0.1, -0.05) is 24.3 Å². The third kappa shape index (κ3) is 4.62. The molecule has 1 aromatic heterocycles. The highest BCUT2D eigenvalue weighted by molar-refractivity contribution is 5.98. The maximum atomic E-state index is 12.5. The van der Waals surface area contributed by atoms with E-state index in [1.54, 1.807) is 43.5 Å². The number of imidazole rings is 1. The van der Waals surface area contributed by atoms with E-state index in [9.17, 15) is 14.9 Å². The Labute approximate surface area is 182 Å². The Kier molecular flexibility index (Phi) is 5.89. The number of carbonyl (C=O) groups excluding carboxylic acids is 1. The Morgan fingerprint density at radius 1 is 1.19 bits per heavy atom. The summed E-state index contributed by atoms with van der Waals surface area (Å²) in [6.07, 6.45) is 1.86. The lowest BCUT2D eigenvalue weighted by atomic mass is 10.1. The van der Waals surface area contributed by atoms with E-state index in [1.807, 2.05) is 24.3 Å². The predicted molar refractivity (Wildman–Crippen MR) is 120 cm³/mol. The van der Waals surface area contributed by atoms with Crippen LogP contribution in [0.4, 0.5) is 5.69 Å². The number of benzene rings is 3. The zero-order valence-corrected chi connectivity index (χ0v) is 17.1. The van der Waals surface area contributed by atoms with Crippen molar-refractivity contribution < 1.29 is 14.5 Å². The number of ether oxygens (including phenoxy) is 1. The minimum atomic E-state index is -0.501. The van der Waals surface area contributed by atoms with E-state index in [1.165, 1.54) is 12.3 Å². The molecular formula is C23H19N5O4. The summed E-state index contributed by atoms with van der Waals surface area (Å²) in [6.45, 7) is 0. The molecule has 0 aliphatic rings. The summed E-state index contributed by atoms with van der Waals surface area (Å²) in [7, 11) is 1.62. The van der Waals surface area contributed by atoms with E-state index < -0.39 is 10.8 Å². The first-order valence-corrected chi connectivity index (χ1v) is 9.72. The van der Waals surface area contributed by atoms with Gasteiger partial charge in [0.1, 0.15) is 11.6 Å². The van der Waals surface area contributed by atoms with Crippen LogP contribution in [0.1, 0.15) is 27.3 Å². The molecule has 160 valence electrons. The Balaban J connectivity index is 1.46. The fraction of sp³-hybridized carbons (Fsp3) is 0.0870. The Morgan fingerprint density at radius 2 is 1.97 bits per heavy atom. The van der Waals surface area contributed by atoms with Gasteiger partial charge in [-0.3, -0.25) is 14.9 Å². The molecule has 4 rings (SSSR count). The molecule has 0 aliphatic heterocycles. The molecule has 0 spiro atoms. The van der Waals surface area contributed by atoms with E-state index in [2.05, 4.69) is 20.5 Å². The molecule has 0 saturated heterocycles. The van der Waals surface area contributed by atoms with Crippen molar-refractivity contribution in [2.75, 3.05) is 7.11 Å². The number of para-hydroxylation sites is 1. The average Bonchev–Trinajstić information content (AvgIpc) is 3.21. The standard InChI is InChI=1S/C23H19N5O4/c1-32-18-9-6-15(7-10-18)12-22-25-19-11-8-16(13-20(19)26-22)23(29)27-24-14-17-4-2-3-5-21(17)28(30)31/h2-11,13-14H,12H2,1H3,(H,25,26)(H,27,29)/b24-14-. The van der Waals surface area contributed by atoms with Gasteiger partial charge in [-0.2, -0.15) is 5.10 Å². The number of nitro benzene ring substituents is 1. The molecule has 0 fully saturated rings. The number of amides is 1. The van der Waals surface area contributed by atoms with Gasteiger partial charge in [0.2, 0.25) is 0 Å². The van der Waals surface area contributed by atoms with Crippen molar-refractivity contribution in [1.82, 2.24) is 15.4 Å². The summed E-state index contributed by atoms with van der Waals surface area (Å²) >= 11 is 0. The Hall–Kier alpha value is -4.53. The highest BCUT2D eigenvalue weighted by atomic mass is 16.6. The zero-order chi connectivity index (χ0) is 22.5. The van der Waals surface area contributed by atoms with Gasteiger partial charge >= 0.3 is 0 Å². The lowest BCUT2D eigenvalue weighted by Gasteiger charge is -2.01. The molecule has 0 bridgehead atoms. The molecule has 0 saturated carbocycles. The van der Waals surface area contributed by atoms with Gasteiger partial charge in [-0.25, -0.2) is 10.4 Å². The second-order valence-electron chi connectivity index (χ2n) is 6.96. The van der Waals surface area contributed by atoms with Crippen LogP contribution in [0.2, 0.25) is 0 Å². The van der Waals surface area contributed by atoms with Crippen molar-refractivity contribution in [3.8, 4) is 5.75 Å². The number of nitrogens with zero attached hydrogens (tertiary/aromatic N) is 3. The molecule has 9 nitrogen and oxygen atoms in total. The number of fused-ring (bicyclic) bond motifs is 1. The predicted octanol–water partition coefficient (Wildman–Crippen LogP) is 3.83. The number of nitro groups is 1. The van der Waals surface area contributed by atoms with Gasteiger partial charge < -0.3 is 9.72 Å². The summed E-state index contributed by atoms with van der Waals surface area (Å²) < 4.78 is 5.17. The SMILES string of the molecule is COc1ccc(Cc2nc3ccc(C(=O)N/N=C\c4ccccc4[N+](=O)[O-])cc3[nH]2)cc1. The van der Waals surface area contributed by atoms with Crippen molar-refractivity contribution >= 4 is 28.8 Å². The second kappa shape index (κ2) is 9.09. The maximum absolute atomic E-state index is 12.5. The number of aromatic amines is 1. The van der Waals surface area contributed by atoms with Gasteiger partial charge in [0.05, 0.1) is 34.8 Å². The smallest absolute Gasteiger partial charge is 0.278 e. The molecule has 4 aromatic rings. The summed E-state index contributed by atoms with van der Waals surface area (Å²) in [5, 5.41) is 14.9. The lowest BCUT2D eigenvalue weighted by Crippen LogP contribution is -2.17. The molecule has 2 N–H and O–H groups in total. The minimum absolute atomic E-state index is 0.0891. The highest BCUT2D eigenvalue weighted by Gasteiger charge is 2.11. The van der Waals surface area contributed by atoms with Gasteiger partial charge in [-0.15, -0.1) is 0 Å². The van der Waals surface area contributed by atoms with Crippen LogP contribution in [-0.4, -0.2) is 34.1 Å². The number of hydrogen-bond donors (Lipinski definition) is 2. The minimum Gasteiger partial charge on any atom is -0.497 e. The number of carbonyl (C=O) groups is 1. The first kappa shape index (κ1) is 20.7. The quantitative estimate of drug-likeness (QED) is 0.263. The summed E-state index contributed by atoms with van der Waals surface area (Å²) in [4.78, 5) is 30.8. The van der Waals surface area contributed by atoms with Crippen molar-refractivity contribution in [2.45, 2.75) is 6.42 Å². The molecule has 9 heteroatoms. The van der Waals surface area contributed by atoms with Crippen LogP contribution in [0.25, 0.3) is 11.0 Å². The molecule has 0 aliphatic carbocycles. The lowest BCUT2D eigenvalue weighted by molar-refractivity contribution is -0.385. The zero-order valence-electron chi connectivity index (χ0n) is 17.1. The van der Waals surface area contributed by atoms with Gasteiger partial charge in [0.25, 0.3) is 11.6 Å². The van der Waals surface area contributed by atoms with Crippen LogP contribution in [0, 0.1) is 10.1 Å². The van der Waals surface area contributed by atoms with Crippen LogP contribution in [0.15, 0.2) is 71.8 Å². The molecule has 0 atom stereocenters. The van der Waals surface area contributed by atoms with Crippen LogP contribution in [0.5, 0.6) is 5.75 Å². The molecule has 1 heterocycles. The van der Waals surface area contributed by atoms with E-state index in [-0.39, 0.29) is 5.69 Å². The Morgan fingerprint density at radius 3 is 2.72 bits per heavy atom. The molecule has 0 radical (unpaired) electrons. The Bertz CT molecular complexity index is 1310. The number of methoxy groups -OCH3 is 1. The molecule has 3 aromatic carbocycles. The van der Waals surface area contributed by atoms with Crippen molar-refractivity contribution in [3.63, 3.8) is 0 Å². The van der Waals surface area contributed by atoms with Crippen LogP contribution in [0.3, 0.4) is 0 Å². The largest absolute Gasteiger partial charge is 0.497 e. The fourth-order valence-electron chi connectivity index (χ4n) is 3.21. The van der Waals surface area contributed by atoms with Crippen LogP contribution in [-0.2, 0) is 6.42 Å². The van der Waals surface area contributed by atoms with Gasteiger partial charge in [0, 0.05) is 18.1 Å². The monoisotopic (exact) mass is 429 g/mol. The van der Waals surface area contributed by atoms with Crippen LogP contribution < -0.4 is 10.2 Å². The van der Waals surface area contributed by atoms with Gasteiger partial charge in [0.15, 0.2) is 0 Å². The summed E-state index contributed by atoms with van der Waals surface area (Å²) in [5.41, 5.74) is 5.54. The maximum Gasteiger partial charge on any atom is 0.278 e. The van der Waals surface area contributed by atoms with Crippen molar-refractivity contribution in [1.29, 1.82) is 0 Å². The second-order valence-corrected chi connectivity index (χ2v) is 6.96. The van der Waals surface area contributed by atoms with Crippen molar-refractivity contribution in [2.24, 2.45) is 5.10 Å². The number of rotatable bonds is 7. The van der Waals surface area contributed by atoms with Crippen LogP contribution >= 0.6 is 0 Å². The fourth-order valence-corrected chi connectivity index (χ4v) is 3.21. The van der Waals surface area contributed by atoms with E-state index in [4.69, 9.17) is 4.74 Å². The number of aromatic nitrogens is 2. The van der Waals surface area contributed by atoms with E-state index in [0.717, 1.165) is 28.2 Å². The normalized spacial score (nSPS) is 11.0. The third-order valence-electron chi connectivity index (χ3n) is 4.83. The number of nitrogens with one attached hydrogen (secondary N) is 2. The first-order chi connectivity index (χ1) is 15.5. The summed E-state index contributed by atoms with van der Waals surface area (Å²) in [6, 6.07) is 19.0. The molecule has 32 heavy (non-hydrogen) atoms. The topological polar surface area (TPSA) is 123 Å². The number of hydrogen-bond acceptors (Lipinski definition) is 6. The molecule has 1 amide bonds. The molecule has 0 unspecified atom stereocenters. The van der Waals surface area contributed by atoms with Gasteiger partial charge in [-0.05, 0) is 42.0 Å². The number of H-pyrrole nitrogens is 1. The first-order valence-electron chi connectivity index (χ1n) is 9.72. The summed E-state index contributed by atoms with van der Waals surface area (Å²) in [5.74, 6) is 1.13. The number of hydrazone groups is 1. The molecular weight excluding hydrogens is 410 g/mol. The average molecular weight is 429 g/mol. The third-order valence-corrected chi connectivity index (χ3v) is 4.83. The van der Waals surface area contributed by atoms with E-state index >= 15 is 0 Å². The van der Waals surface area contributed by atoms with Crippen molar-refractivity contribution in [3.05, 3.63) is 99.4 Å².